The van der Waals surface area contributed by atoms with Crippen LogP contribution in [0, 0.1) is 6.92 Å². The number of benzene rings is 1. The third-order valence-electron chi connectivity index (χ3n) is 4.85. The molecule has 3 aromatic heterocycles. The molecule has 0 saturated heterocycles. The van der Waals surface area contributed by atoms with E-state index >= 15 is 0 Å². The number of pyridine rings is 1. The van der Waals surface area contributed by atoms with E-state index in [1.807, 2.05) is 47.0 Å². The van der Waals surface area contributed by atoms with E-state index in [9.17, 15) is 4.79 Å². The molecule has 0 spiro atoms. The third kappa shape index (κ3) is 4.16. The number of aryl methyl sites for hydroxylation is 1. The van der Waals surface area contributed by atoms with Crippen molar-refractivity contribution in [2.75, 3.05) is 14.2 Å². The zero-order valence-corrected chi connectivity index (χ0v) is 18.0. The van der Waals surface area contributed by atoms with E-state index in [1.54, 1.807) is 31.8 Å². The Morgan fingerprint density at radius 3 is 2.53 bits per heavy atom. The van der Waals surface area contributed by atoms with Gasteiger partial charge in [-0.05, 0) is 48.9 Å². The average molecular weight is 422 g/mol. The van der Waals surface area contributed by atoms with Gasteiger partial charge in [-0.1, -0.05) is 6.07 Å². The molecule has 1 aromatic carbocycles. The second kappa shape index (κ2) is 8.59. The van der Waals surface area contributed by atoms with Crippen molar-refractivity contribution in [3.8, 4) is 11.5 Å². The Labute approximate surface area is 179 Å². The first kappa shape index (κ1) is 20.0. The van der Waals surface area contributed by atoms with Crippen LogP contribution < -0.4 is 14.8 Å². The van der Waals surface area contributed by atoms with Gasteiger partial charge in [0.15, 0.2) is 0 Å². The average Bonchev–Trinajstić information content (AvgIpc) is 3.29. The summed E-state index contributed by atoms with van der Waals surface area (Å²) in [6.45, 7) is 2.98. The highest BCUT2D eigenvalue weighted by atomic mass is 32.1. The van der Waals surface area contributed by atoms with Crippen LogP contribution in [0.3, 0.4) is 0 Å². The summed E-state index contributed by atoms with van der Waals surface area (Å²) in [6.07, 6.45) is 1.72. The molecule has 0 atom stereocenters. The summed E-state index contributed by atoms with van der Waals surface area (Å²) in [5.41, 5.74) is 3.47. The standard InChI is InChI=1S/C23H23N3O3S/c1-15-8-20-22(30-15)12-21(23(27)25-13-17-6-4-5-7-24-17)26(20)14-16-9-18(28-2)11-19(10-16)29-3/h4-12H,13-14H2,1-3H3,(H,25,27). The Morgan fingerprint density at radius 1 is 1.10 bits per heavy atom. The van der Waals surface area contributed by atoms with Gasteiger partial charge in [-0.25, -0.2) is 0 Å². The molecule has 3 heterocycles. The van der Waals surface area contributed by atoms with Crippen LogP contribution in [0.15, 0.2) is 54.7 Å². The van der Waals surface area contributed by atoms with Crippen LogP contribution >= 0.6 is 11.3 Å². The number of hydrogen-bond acceptors (Lipinski definition) is 5. The molecular weight excluding hydrogens is 398 g/mol. The number of methoxy groups -OCH3 is 2. The van der Waals surface area contributed by atoms with E-state index in [4.69, 9.17) is 9.47 Å². The number of fused-ring (bicyclic) bond motifs is 1. The smallest absolute Gasteiger partial charge is 0.268 e. The van der Waals surface area contributed by atoms with Crippen molar-refractivity contribution >= 4 is 27.5 Å². The Hall–Kier alpha value is -3.32. The first-order valence-electron chi connectivity index (χ1n) is 9.57. The van der Waals surface area contributed by atoms with E-state index in [-0.39, 0.29) is 5.91 Å². The van der Waals surface area contributed by atoms with Crippen molar-refractivity contribution in [1.29, 1.82) is 0 Å². The summed E-state index contributed by atoms with van der Waals surface area (Å²) < 4.78 is 13.9. The lowest BCUT2D eigenvalue weighted by Crippen LogP contribution is -2.26. The van der Waals surface area contributed by atoms with E-state index in [2.05, 4.69) is 23.3 Å². The monoisotopic (exact) mass is 421 g/mol. The number of thiophene rings is 1. The van der Waals surface area contributed by atoms with Crippen LogP contribution in [0.25, 0.3) is 10.2 Å². The quantitative estimate of drug-likeness (QED) is 0.480. The predicted molar refractivity (Wildman–Crippen MR) is 119 cm³/mol. The zero-order chi connectivity index (χ0) is 21.1. The Bertz CT molecular complexity index is 1160. The maximum Gasteiger partial charge on any atom is 0.268 e. The van der Waals surface area contributed by atoms with Gasteiger partial charge in [0.1, 0.15) is 17.2 Å². The molecule has 0 aliphatic carbocycles. The minimum absolute atomic E-state index is 0.128. The number of hydrogen-bond donors (Lipinski definition) is 1. The van der Waals surface area contributed by atoms with Crippen molar-refractivity contribution in [2.24, 2.45) is 0 Å². The molecule has 7 heteroatoms. The highest BCUT2D eigenvalue weighted by Crippen LogP contribution is 2.31. The van der Waals surface area contributed by atoms with Crippen LogP contribution in [0.4, 0.5) is 0 Å². The van der Waals surface area contributed by atoms with E-state index in [1.165, 1.54) is 4.88 Å². The van der Waals surface area contributed by atoms with Crippen LogP contribution in [0.2, 0.25) is 0 Å². The van der Waals surface area contributed by atoms with Gasteiger partial charge in [0.2, 0.25) is 0 Å². The second-order valence-corrected chi connectivity index (χ2v) is 8.23. The Kier molecular flexibility index (Phi) is 5.72. The first-order valence-corrected chi connectivity index (χ1v) is 10.4. The van der Waals surface area contributed by atoms with E-state index < -0.39 is 0 Å². The van der Waals surface area contributed by atoms with Crippen molar-refractivity contribution < 1.29 is 14.3 Å². The molecule has 4 aromatic rings. The summed E-state index contributed by atoms with van der Waals surface area (Å²) in [7, 11) is 3.26. The molecule has 1 amide bonds. The predicted octanol–water partition coefficient (Wildman–Crippen LogP) is 4.40. The van der Waals surface area contributed by atoms with Gasteiger partial charge in [0, 0.05) is 23.7 Å². The third-order valence-corrected chi connectivity index (χ3v) is 5.84. The van der Waals surface area contributed by atoms with Crippen molar-refractivity contribution in [3.63, 3.8) is 0 Å². The molecule has 0 fully saturated rings. The number of carbonyl (C=O) groups excluding carboxylic acids is 1. The highest BCUT2D eigenvalue weighted by molar-refractivity contribution is 7.19. The summed E-state index contributed by atoms with van der Waals surface area (Å²) in [6, 6.07) is 15.5. The lowest BCUT2D eigenvalue weighted by Gasteiger charge is -2.13. The van der Waals surface area contributed by atoms with Gasteiger partial charge < -0.3 is 19.4 Å². The Morgan fingerprint density at radius 2 is 1.87 bits per heavy atom. The molecule has 0 bridgehead atoms. The normalized spacial score (nSPS) is 10.9. The fourth-order valence-electron chi connectivity index (χ4n) is 3.43. The fourth-order valence-corrected chi connectivity index (χ4v) is 4.39. The summed E-state index contributed by atoms with van der Waals surface area (Å²) in [5, 5.41) is 2.98. The number of amides is 1. The number of rotatable bonds is 7. The lowest BCUT2D eigenvalue weighted by molar-refractivity contribution is 0.0942. The number of nitrogens with one attached hydrogen (secondary N) is 1. The highest BCUT2D eigenvalue weighted by Gasteiger charge is 2.18. The first-order chi connectivity index (χ1) is 14.6. The molecule has 30 heavy (non-hydrogen) atoms. The van der Waals surface area contributed by atoms with Crippen LogP contribution in [0.1, 0.15) is 26.6 Å². The topological polar surface area (TPSA) is 65.4 Å². The van der Waals surface area contributed by atoms with Gasteiger partial charge in [0.25, 0.3) is 5.91 Å². The molecule has 0 unspecified atom stereocenters. The van der Waals surface area contributed by atoms with Gasteiger partial charge in [-0.15, -0.1) is 11.3 Å². The maximum atomic E-state index is 13.0. The largest absolute Gasteiger partial charge is 0.497 e. The van der Waals surface area contributed by atoms with E-state index in [0.717, 1.165) is 33.0 Å². The van der Waals surface area contributed by atoms with Crippen LogP contribution in [-0.2, 0) is 13.1 Å². The van der Waals surface area contributed by atoms with Gasteiger partial charge >= 0.3 is 0 Å². The molecule has 0 radical (unpaired) electrons. The maximum absolute atomic E-state index is 13.0. The summed E-state index contributed by atoms with van der Waals surface area (Å²) >= 11 is 1.68. The van der Waals surface area contributed by atoms with Gasteiger partial charge in [-0.2, -0.15) is 0 Å². The SMILES string of the molecule is COc1cc(Cn2c(C(=O)NCc3ccccn3)cc3sc(C)cc32)cc(OC)c1. The zero-order valence-electron chi connectivity index (χ0n) is 17.1. The molecule has 1 N–H and O–H groups in total. The minimum atomic E-state index is -0.128. The minimum Gasteiger partial charge on any atom is -0.497 e. The molecule has 0 saturated carbocycles. The van der Waals surface area contributed by atoms with Crippen molar-refractivity contribution in [3.05, 3.63) is 76.6 Å². The second-order valence-electron chi connectivity index (χ2n) is 6.95. The van der Waals surface area contributed by atoms with E-state index in [0.29, 0.717) is 18.8 Å². The fraction of sp³-hybridized carbons (Fsp3) is 0.217. The molecule has 0 aliphatic rings. The molecular formula is C23H23N3O3S. The van der Waals surface area contributed by atoms with Gasteiger partial charge in [-0.3, -0.25) is 9.78 Å². The number of aromatic nitrogens is 2. The van der Waals surface area contributed by atoms with Crippen molar-refractivity contribution in [1.82, 2.24) is 14.9 Å². The molecule has 154 valence electrons. The Balaban J connectivity index is 1.67. The van der Waals surface area contributed by atoms with Crippen molar-refractivity contribution in [2.45, 2.75) is 20.0 Å². The number of nitrogens with zero attached hydrogens (tertiary/aromatic N) is 2. The molecule has 0 aliphatic heterocycles. The summed E-state index contributed by atoms with van der Waals surface area (Å²) in [4.78, 5) is 18.5. The number of carbonyl (C=O) groups is 1. The molecule has 6 nitrogen and oxygen atoms in total. The number of ether oxygens (including phenoxy) is 2. The molecule has 4 rings (SSSR count). The summed E-state index contributed by atoms with van der Waals surface area (Å²) in [5.74, 6) is 1.31. The van der Waals surface area contributed by atoms with Gasteiger partial charge in [0.05, 0.1) is 36.7 Å². The van der Waals surface area contributed by atoms with Crippen LogP contribution in [0.5, 0.6) is 11.5 Å². The lowest BCUT2D eigenvalue weighted by atomic mass is 10.2. The van der Waals surface area contributed by atoms with Crippen LogP contribution in [-0.4, -0.2) is 29.7 Å².